The molecule has 2 heterocycles. The second-order valence-corrected chi connectivity index (χ2v) is 7.40. The number of cyclic esters (lactones) is 1. The Morgan fingerprint density at radius 3 is 2.58 bits per heavy atom. The summed E-state index contributed by atoms with van der Waals surface area (Å²) in [4.78, 5) is 22.8. The molecule has 0 bridgehead atoms. The molecule has 1 spiro atoms. The van der Waals surface area contributed by atoms with Gasteiger partial charge in [0.2, 0.25) is 6.41 Å². The van der Waals surface area contributed by atoms with Crippen molar-refractivity contribution in [2.45, 2.75) is 44.5 Å². The average Bonchev–Trinajstić information content (AvgIpc) is 3.12. The van der Waals surface area contributed by atoms with Crippen LogP contribution in [0, 0.1) is 17.8 Å². The highest BCUT2D eigenvalue weighted by molar-refractivity contribution is 5.77. The zero-order chi connectivity index (χ0) is 17.3. The standard InChI is InChI=1S/C15H20O4.C3H7NO/c1-9-12-6-10-2-3-15(17-4-5-18-15)8-11(10)7-13(12)14(16)19-9;1-4(2)3-5/h7,9-10,12-13H,2-6,8H2,1H3;3H,1-2H3. The lowest BCUT2D eigenvalue weighted by Crippen LogP contribution is -2.39. The van der Waals surface area contributed by atoms with Gasteiger partial charge in [0, 0.05) is 32.9 Å². The number of carbonyl (C=O) groups excluding carboxylic acids is 2. The number of esters is 1. The number of fused-ring (bicyclic) bond motifs is 2. The largest absolute Gasteiger partial charge is 0.462 e. The molecular formula is C18H27NO5. The van der Waals surface area contributed by atoms with Crippen LogP contribution in [0.3, 0.4) is 0 Å². The van der Waals surface area contributed by atoms with Crippen LogP contribution >= 0.6 is 0 Å². The van der Waals surface area contributed by atoms with Crippen LogP contribution in [0.4, 0.5) is 0 Å². The number of hydrogen-bond donors (Lipinski definition) is 0. The lowest BCUT2D eigenvalue weighted by atomic mass is 9.68. The Bertz CT molecular complexity index is 524. The van der Waals surface area contributed by atoms with Gasteiger partial charge in [0.15, 0.2) is 5.79 Å². The molecule has 134 valence electrons. The van der Waals surface area contributed by atoms with E-state index in [1.54, 1.807) is 14.1 Å². The third kappa shape index (κ3) is 3.35. The van der Waals surface area contributed by atoms with E-state index in [-0.39, 0.29) is 23.8 Å². The van der Waals surface area contributed by atoms with Crippen molar-refractivity contribution in [1.29, 1.82) is 0 Å². The van der Waals surface area contributed by atoms with E-state index in [0.29, 0.717) is 25.0 Å². The smallest absolute Gasteiger partial charge is 0.313 e. The summed E-state index contributed by atoms with van der Waals surface area (Å²) < 4.78 is 17.0. The molecule has 0 aromatic heterocycles. The van der Waals surface area contributed by atoms with Gasteiger partial charge < -0.3 is 19.1 Å². The summed E-state index contributed by atoms with van der Waals surface area (Å²) in [7, 11) is 3.38. The number of amides is 1. The number of hydrogen-bond acceptors (Lipinski definition) is 5. The Hall–Kier alpha value is -1.40. The maximum Gasteiger partial charge on any atom is 0.313 e. The second kappa shape index (κ2) is 6.84. The van der Waals surface area contributed by atoms with Gasteiger partial charge in [-0.2, -0.15) is 0 Å². The van der Waals surface area contributed by atoms with E-state index < -0.39 is 0 Å². The Labute approximate surface area is 143 Å². The minimum absolute atomic E-state index is 0.0298. The first-order valence-corrected chi connectivity index (χ1v) is 8.75. The first kappa shape index (κ1) is 17.4. The molecule has 1 amide bonds. The highest BCUT2D eigenvalue weighted by Gasteiger charge is 2.50. The van der Waals surface area contributed by atoms with Crippen LogP contribution in [-0.4, -0.2) is 56.5 Å². The van der Waals surface area contributed by atoms with Crippen molar-refractivity contribution in [2.24, 2.45) is 17.8 Å². The van der Waals surface area contributed by atoms with E-state index in [1.807, 2.05) is 6.92 Å². The zero-order valence-corrected chi connectivity index (χ0v) is 14.7. The molecule has 0 aromatic rings. The average molecular weight is 337 g/mol. The van der Waals surface area contributed by atoms with Gasteiger partial charge >= 0.3 is 5.97 Å². The highest BCUT2D eigenvalue weighted by atomic mass is 16.7. The maximum atomic E-state index is 11.9. The van der Waals surface area contributed by atoms with Gasteiger partial charge in [-0.3, -0.25) is 9.59 Å². The molecule has 1 saturated carbocycles. The van der Waals surface area contributed by atoms with Gasteiger partial charge in [-0.05, 0) is 25.7 Å². The second-order valence-electron chi connectivity index (χ2n) is 7.40. The minimum Gasteiger partial charge on any atom is -0.462 e. The van der Waals surface area contributed by atoms with Crippen molar-refractivity contribution in [3.05, 3.63) is 11.6 Å². The van der Waals surface area contributed by atoms with Crippen LogP contribution in [0.1, 0.15) is 32.6 Å². The Morgan fingerprint density at radius 2 is 1.96 bits per heavy atom. The van der Waals surface area contributed by atoms with Crippen LogP contribution in [0.2, 0.25) is 0 Å². The van der Waals surface area contributed by atoms with Crippen LogP contribution in [0.25, 0.3) is 0 Å². The van der Waals surface area contributed by atoms with Gasteiger partial charge in [-0.25, -0.2) is 0 Å². The van der Waals surface area contributed by atoms with Gasteiger partial charge in [-0.1, -0.05) is 11.6 Å². The van der Waals surface area contributed by atoms with Crippen molar-refractivity contribution >= 4 is 12.4 Å². The molecule has 6 nitrogen and oxygen atoms in total. The predicted octanol–water partition coefficient (Wildman–Crippen LogP) is 1.74. The molecule has 4 unspecified atom stereocenters. The van der Waals surface area contributed by atoms with Crippen molar-refractivity contribution in [2.75, 3.05) is 27.3 Å². The molecule has 4 aliphatic rings. The molecule has 0 N–H and O–H groups in total. The van der Waals surface area contributed by atoms with E-state index in [1.165, 1.54) is 10.5 Å². The number of nitrogens with zero attached hydrogens (tertiary/aromatic N) is 1. The van der Waals surface area contributed by atoms with E-state index in [2.05, 4.69) is 6.08 Å². The van der Waals surface area contributed by atoms with Gasteiger partial charge in [0.1, 0.15) is 6.10 Å². The Kier molecular flexibility index (Phi) is 4.97. The molecule has 2 saturated heterocycles. The monoisotopic (exact) mass is 337 g/mol. The molecule has 0 aromatic carbocycles. The van der Waals surface area contributed by atoms with Gasteiger partial charge in [-0.15, -0.1) is 0 Å². The maximum absolute atomic E-state index is 11.9. The molecule has 4 atom stereocenters. The quantitative estimate of drug-likeness (QED) is 0.414. The third-order valence-corrected chi connectivity index (χ3v) is 5.48. The van der Waals surface area contributed by atoms with Gasteiger partial charge in [0.05, 0.1) is 19.1 Å². The van der Waals surface area contributed by atoms with E-state index in [0.717, 1.165) is 32.1 Å². The lowest BCUT2D eigenvalue weighted by molar-refractivity contribution is -0.172. The van der Waals surface area contributed by atoms with Crippen LogP contribution in [0.15, 0.2) is 11.6 Å². The van der Waals surface area contributed by atoms with Crippen LogP contribution < -0.4 is 0 Å². The zero-order valence-electron chi connectivity index (χ0n) is 14.7. The van der Waals surface area contributed by atoms with Crippen molar-refractivity contribution in [3.8, 4) is 0 Å². The molecular weight excluding hydrogens is 310 g/mol. The summed E-state index contributed by atoms with van der Waals surface area (Å²) in [5.74, 6) is 0.509. The normalized spacial score (nSPS) is 36.0. The molecule has 2 aliphatic carbocycles. The van der Waals surface area contributed by atoms with E-state index >= 15 is 0 Å². The SMILES string of the molecule is CC1OC(=O)C2C=C3CC4(CCC3CC12)OCCO4.CN(C)C=O. The van der Waals surface area contributed by atoms with Crippen molar-refractivity contribution in [1.82, 2.24) is 4.90 Å². The van der Waals surface area contributed by atoms with Crippen molar-refractivity contribution < 1.29 is 23.8 Å². The first-order chi connectivity index (χ1) is 11.4. The van der Waals surface area contributed by atoms with E-state index in [4.69, 9.17) is 14.2 Å². The fourth-order valence-electron chi connectivity index (χ4n) is 4.24. The summed E-state index contributed by atoms with van der Waals surface area (Å²) in [5.41, 5.74) is 1.36. The molecule has 0 radical (unpaired) electrons. The minimum atomic E-state index is -0.386. The number of rotatable bonds is 1. The van der Waals surface area contributed by atoms with Crippen LogP contribution in [-0.2, 0) is 23.8 Å². The third-order valence-electron chi connectivity index (χ3n) is 5.48. The first-order valence-electron chi connectivity index (χ1n) is 8.75. The fraction of sp³-hybridized carbons (Fsp3) is 0.778. The summed E-state index contributed by atoms with van der Waals surface area (Å²) in [6.07, 6.45) is 7.00. The Morgan fingerprint density at radius 1 is 1.29 bits per heavy atom. The Balaban J connectivity index is 0.000000300. The number of ether oxygens (including phenoxy) is 3. The molecule has 24 heavy (non-hydrogen) atoms. The highest BCUT2D eigenvalue weighted by Crippen LogP contribution is 2.49. The van der Waals surface area contributed by atoms with E-state index in [9.17, 15) is 9.59 Å². The molecule has 2 aliphatic heterocycles. The number of carbonyl (C=O) groups is 2. The topological polar surface area (TPSA) is 65.1 Å². The summed E-state index contributed by atoms with van der Waals surface area (Å²) in [6.45, 7) is 3.42. The molecule has 3 fully saturated rings. The molecule has 4 rings (SSSR count). The lowest BCUT2D eigenvalue weighted by Gasteiger charge is -2.41. The predicted molar refractivity (Wildman–Crippen MR) is 87.0 cm³/mol. The van der Waals surface area contributed by atoms with Crippen molar-refractivity contribution in [3.63, 3.8) is 0 Å². The summed E-state index contributed by atoms with van der Waals surface area (Å²) in [6, 6.07) is 0. The summed E-state index contributed by atoms with van der Waals surface area (Å²) in [5, 5.41) is 0. The van der Waals surface area contributed by atoms with Crippen LogP contribution in [0.5, 0.6) is 0 Å². The molecule has 6 heteroatoms. The van der Waals surface area contributed by atoms with Gasteiger partial charge in [0.25, 0.3) is 0 Å². The summed E-state index contributed by atoms with van der Waals surface area (Å²) >= 11 is 0. The fourth-order valence-corrected chi connectivity index (χ4v) is 4.24.